The first-order valence-electron chi connectivity index (χ1n) is 4.51. The molecule has 2 rings (SSSR count). The maximum atomic E-state index is 4.35. The van der Waals surface area contributed by atoms with Gasteiger partial charge >= 0.3 is 0 Å². The number of hydrogen-bond acceptors (Lipinski definition) is 3. The molecule has 0 aliphatic heterocycles. The molecule has 0 radical (unpaired) electrons. The second kappa shape index (κ2) is 3.46. The van der Waals surface area contributed by atoms with Gasteiger partial charge in [0.15, 0.2) is 0 Å². The molecule has 74 valence electrons. The van der Waals surface area contributed by atoms with Gasteiger partial charge in [0.2, 0.25) is 5.13 Å². The predicted octanol–water partition coefficient (Wildman–Crippen LogP) is 2.75. The first-order chi connectivity index (χ1) is 6.66. The van der Waals surface area contributed by atoms with Crippen molar-refractivity contribution >= 4 is 16.5 Å². The molecule has 3 nitrogen and oxygen atoms in total. The molecule has 2 aromatic rings. The van der Waals surface area contributed by atoms with E-state index in [4.69, 9.17) is 0 Å². The number of nitrogens with one attached hydrogen (secondary N) is 1. The van der Waals surface area contributed by atoms with E-state index in [0.29, 0.717) is 0 Å². The number of nitrogens with zero attached hydrogens (tertiary/aromatic N) is 2. The highest BCUT2D eigenvalue weighted by Crippen LogP contribution is 2.16. The Morgan fingerprint density at radius 1 is 1.21 bits per heavy atom. The molecule has 2 aromatic heterocycles. The summed E-state index contributed by atoms with van der Waals surface area (Å²) in [4.78, 5) is 4.35. The summed E-state index contributed by atoms with van der Waals surface area (Å²) in [7, 11) is 0. The van der Waals surface area contributed by atoms with E-state index in [1.807, 2.05) is 17.0 Å². The first kappa shape index (κ1) is 9.27. The molecule has 0 saturated carbocycles. The van der Waals surface area contributed by atoms with E-state index in [1.54, 1.807) is 11.3 Å². The molecule has 0 spiro atoms. The molecule has 0 aliphatic rings. The van der Waals surface area contributed by atoms with Gasteiger partial charge in [0.1, 0.15) is 0 Å². The van der Waals surface area contributed by atoms with Crippen LogP contribution in [0.4, 0.5) is 5.13 Å². The van der Waals surface area contributed by atoms with Gasteiger partial charge in [-0.25, -0.2) is 4.98 Å². The molecular formula is C10H13N3S. The highest BCUT2D eigenvalue weighted by molar-refractivity contribution is 7.13. The SMILES string of the molecule is Cc1csc(Nn2c(C)ccc2C)n1. The van der Waals surface area contributed by atoms with Crippen LogP contribution >= 0.6 is 11.3 Å². The van der Waals surface area contributed by atoms with Gasteiger partial charge in [0, 0.05) is 16.8 Å². The summed E-state index contributed by atoms with van der Waals surface area (Å²) in [6.07, 6.45) is 0. The van der Waals surface area contributed by atoms with Crippen LogP contribution in [-0.4, -0.2) is 9.66 Å². The third-order valence-corrected chi connectivity index (χ3v) is 2.96. The normalized spacial score (nSPS) is 10.5. The molecule has 0 aromatic carbocycles. The highest BCUT2D eigenvalue weighted by atomic mass is 32.1. The first-order valence-corrected chi connectivity index (χ1v) is 5.39. The van der Waals surface area contributed by atoms with Crippen LogP contribution < -0.4 is 5.43 Å². The quantitative estimate of drug-likeness (QED) is 0.820. The standard InChI is InChI=1S/C10H13N3S/c1-7-6-14-10(11-7)12-13-8(2)4-5-9(13)3/h4-6H,1-3H3,(H,11,12). The minimum absolute atomic E-state index is 0.935. The van der Waals surface area contributed by atoms with Gasteiger partial charge in [0.05, 0.1) is 5.69 Å². The molecule has 0 atom stereocenters. The topological polar surface area (TPSA) is 29.9 Å². The number of thiazole rings is 1. The van der Waals surface area contributed by atoms with Gasteiger partial charge in [0.25, 0.3) is 0 Å². The Morgan fingerprint density at radius 3 is 2.36 bits per heavy atom. The molecule has 14 heavy (non-hydrogen) atoms. The average Bonchev–Trinajstić information content (AvgIpc) is 2.67. The van der Waals surface area contributed by atoms with Crippen molar-refractivity contribution in [1.29, 1.82) is 0 Å². The van der Waals surface area contributed by atoms with Crippen LogP contribution in [0.2, 0.25) is 0 Å². The van der Waals surface area contributed by atoms with E-state index in [1.165, 1.54) is 11.4 Å². The van der Waals surface area contributed by atoms with Gasteiger partial charge in [-0.2, -0.15) is 0 Å². The van der Waals surface area contributed by atoms with Gasteiger partial charge in [-0.05, 0) is 32.9 Å². The zero-order valence-corrected chi connectivity index (χ0v) is 9.35. The van der Waals surface area contributed by atoms with E-state index in [9.17, 15) is 0 Å². The maximum Gasteiger partial charge on any atom is 0.202 e. The average molecular weight is 207 g/mol. The Balaban J connectivity index is 2.26. The lowest BCUT2D eigenvalue weighted by Gasteiger charge is -2.08. The zero-order valence-electron chi connectivity index (χ0n) is 8.53. The summed E-state index contributed by atoms with van der Waals surface area (Å²) in [6.45, 7) is 6.14. The Labute approximate surface area is 87.4 Å². The fraction of sp³-hybridized carbons (Fsp3) is 0.300. The van der Waals surface area contributed by atoms with Gasteiger partial charge in [-0.3, -0.25) is 10.1 Å². The molecule has 0 aliphatic carbocycles. The summed E-state index contributed by atoms with van der Waals surface area (Å²) in [5.74, 6) is 0. The Bertz CT molecular complexity index is 422. The molecule has 0 saturated heterocycles. The number of anilines is 1. The van der Waals surface area contributed by atoms with E-state index < -0.39 is 0 Å². The number of hydrogen-bond donors (Lipinski definition) is 1. The number of aryl methyl sites for hydroxylation is 3. The zero-order chi connectivity index (χ0) is 10.1. The van der Waals surface area contributed by atoms with Crippen LogP contribution in [0.15, 0.2) is 17.5 Å². The predicted molar refractivity (Wildman–Crippen MR) is 59.8 cm³/mol. The van der Waals surface area contributed by atoms with Crippen molar-refractivity contribution in [2.75, 3.05) is 5.43 Å². The summed E-state index contributed by atoms with van der Waals surface area (Å²) in [6, 6.07) is 4.17. The summed E-state index contributed by atoms with van der Waals surface area (Å²) in [5, 5.41) is 2.97. The third kappa shape index (κ3) is 1.65. The second-order valence-electron chi connectivity index (χ2n) is 3.36. The molecule has 2 heterocycles. The summed E-state index contributed by atoms with van der Waals surface area (Å²) in [5.41, 5.74) is 6.70. The second-order valence-corrected chi connectivity index (χ2v) is 4.22. The lowest BCUT2D eigenvalue weighted by Crippen LogP contribution is -2.11. The monoisotopic (exact) mass is 207 g/mol. The third-order valence-electron chi connectivity index (χ3n) is 2.10. The molecule has 0 fully saturated rings. The van der Waals surface area contributed by atoms with Crippen molar-refractivity contribution < 1.29 is 0 Å². The van der Waals surface area contributed by atoms with Gasteiger partial charge in [-0.1, -0.05) is 0 Å². The largest absolute Gasteiger partial charge is 0.269 e. The van der Waals surface area contributed by atoms with Crippen LogP contribution in [0.25, 0.3) is 0 Å². The van der Waals surface area contributed by atoms with Crippen molar-refractivity contribution in [3.8, 4) is 0 Å². The fourth-order valence-corrected chi connectivity index (χ4v) is 2.02. The fourth-order valence-electron chi connectivity index (χ4n) is 1.35. The molecule has 0 amide bonds. The summed E-state index contributed by atoms with van der Waals surface area (Å²) < 4.78 is 2.04. The Hall–Kier alpha value is -1.29. The molecule has 1 N–H and O–H groups in total. The van der Waals surface area contributed by atoms with Crippen molar-refractivity contribution in [2.24, 2.45) is 0 Å². The molecular weight excluding hydrogens is 194 g/mol. The Kier molecular flexibility index (Phi) is 2.29. The van der Waals surface area contributed by atoms with Crippen LogP contribution in [0.1, 0.15) is 17.1 Å². The lowest BCUT2D eigenvalue weighted by molar-refractivity contribution is 0.877. The van der Waals surface area contributed by atoms with E-state index in [0.717, 1.165) is 10.8 Å². The van der Waals surface area contributed by atoms with Crippen molar-refractivity contribution in [3.05, 3.63) is 34.6 Å². The van der Waals surface area contributed by atoms with Gasteiger partial charge < -0.3 is 0 Å². The van der Waals surface area contributed by atoms with Crippen LogP contribution in [0.5, 0.6) is 0 Å². The molecule has 0 bridgehead atoms. The Morgan fingerprint density at radius 2 is 1.86 bits per heavy atom. The van der Waals surface area contributed by atoms with Crippen molar-refractivity contribution in [2.45, 2.75) is 20.8 Å². The van der Waals surface area contributed by atoms with E-state index >= 15 is 0 Å². The van der Waals surface area contributed by atoms with Crippen molar-refractivity contribution in [3.63, 3.8) is 0 Å². The van der Waals surface area contributed by atoms with Gasteiger partial charge in [-0.15, -0.1) is 11.3 Å². The smallest absolute Gasteiger partial charge is 0.202 e. The highest BCUT2D eigenvalue weighted by Gasteiger charge is 2.02. The van der Waals surface area contributed by atoms with E-state index in [-0.39, 0.29) is 0 Å². The van der Waals surface area contributed by atoms with E-state index in [2.05, 4.69) is 36.4 Å². The maximum absolute atomic E-state index is 4.35. The van der Waals surface area contributed by atoms with Crippen LogP contribution in [-0.2, 0) is 0 Å². The molecule has 0 unspecified atom stereocenters. The minimum Gasteiger partial charge on any atom is -0.269 e. The molecule has 4 heteroatoms. The number of rotatable bonds is 2. The minimum atomic E-state index is 0.935. The lowest BCUT2D eigenvalue weighted by atomic mass is 10.5. The van der Waals surface area contributed by atoms with Crippen LogP contribution in [0.3, 0.4) is 0 Å². The number of aromatic nitrogens is 2. The van der Waals surface area contributed by atoms with Crippen molar-refractivity contribution in [1.82, 2.24) is 9.66 Å². The summed E-state index contributed by atoms with van der Waals surface area (Å²) >= 11 is 1.62. The van der Waals surface area contributed by atoms with Crippen LogP contribution in [0, 0.1) is 20.8 Å².